The maximum atomic E-state index is 12.3. The van der Waals surface area contributed by atoms with Crippen molar-refractivity contribution in [2.24, 2.45) is 4.99 Å². The maximum absolute atomic E-state index is 12.3. The van der Waals surface area contributed by atoms with Gasteiger partial charge in [-0.15, -0.1) is 0 Å². The van der Waals surface area contributed by atoms with Gasteiger partial charge in [-0.05, 0) is 59.1 Å². The highest BCUT2D eigenvalue weighted by Gasteiger charge is 2.29. The number of hydrogen-bond donors (Lipinski definition) is 1. The smallest absolute Gasteiger partial charge is 0.275 e. The molecule has 0 saturated carbocycles. The van der Waals surface area contributed by atoms with Gasteiger partial charge in [-0.1, -0.05) is 29.3 Å². The molecule has 2 aromatic rings. The Morgan fingerprint density at radius 2 is 1.91 bits per heavy atom. The Morgan fingerprint density at radius 3 is 2.64 bits per heavy atom. The van der Waals surface area contributed by atoms with Gasteiger partial charge in [0.2, 0.25) is 0 Å². The summed E-state index contributed by atoms with van der Waals surface area (Å²) in [4.78, 5) is 16.8. The molecule has 2 aromatic carbocycles. The molecule has 0 fully saturated rings. The summed E-state index contributed by atoms with van der Waals surface area (Å²) in [6.45, 7) is 3.73. The first-order valence-electron chi connectivity index (χ1n) is 6.54. The van der Waals surface area contributed by atoms with Crippen LogP contribution in [0.1, 0.15) is 16.7 Å². The first-order chi connectivity index (χ1) is 10.4. The molecule has 1 aliphatic heterocycles. The van der Waals surface area contributed by atoms with E-state index < -0.39 is 0 Å². The molecule has 6 heteroatoms. The Labute approximate surface area is 146 Å². The largest absolute Gasteiger partial charge is 0.320 e. The number of carbonyl (C=O) groups excluding carboxylic acids is 1. The molecule has 22 heavy (non-hydrogen) atoms. The van der Waals surface area contributed by atoms with Crippen molar-refractivity contribution in [1.29, 1.82) is 0 Å². The number of halogens is 3. The van der Waals surface area contributed by atoms with Gasteiger partial charge in [0.15, 0.2) is 0 Å². The number of nitrogens with one attached hydrogen (secondary N) is 1. The molecule has 1 amide bonds. The summed E-state index contributed by atoms with van der Waals surface area (Å²) in [5.41, 5.74) is 4.12. The summed E-state index contributed by atoms with van der Waals surface area (Å²) in [7, 11) is 0. The predicted octanol–water partition coefficient (Wildman–Crippen LogP) is 5.45. The molecule has 1 heterocycles. The average Bonchev–Trinajstić information content (AvgIpc) is 2.78. The van der Waals surface area contributed by atoms with Gasteiger partial charge in [-0.2, -0.15) is 0 Å². The number of nitrogens with zero attached hydrogens (tertiary/aromatic N) is 1. The van der Waals surface area contributed by atoms with Crippen molar-refractivity contribution in [3.8, 4) is 0 Å². The Morgan fingerprint density at radius 1 is 1.18 bits per heavy atom. The van der Waals surface area contributed by atoms with Gasteiger partial charge in [-0.3, -0.25) is 4.79 Å². The molecule has 0 radical (unpaired) electrons. The summed E-state index contributed by atoms with van der Waals surface area (Å²) < 4.78 is 0.734. The molecule has 0 bridgehead atoms. The molecule has 3 rings (SSSR count). The second-order valence-corrected chi connectivity index (χ2v) is 6.66. The SMILES string of the molecule is Cc1c(Cl)cccc1N=C1C(=O)Nc2c1cc(Br)c(Cl)c2C. The lowest BCUT2D eigenvalue weighted by Gasteiger charge is -2.07. The third-order valence-corrected chi connectivity index (χ3v) is 5.38. The van der Waals surface area contributed by atoms with Crippen LogP contribution in [0.5, 0.6) is 0 Å². The van der Waals surface area contributed by atoms with E-state index in [2.05, 4.69) is 26.2 Å². The van der Waals surface area contributed by atoms with Gasteiger partial charge in [0.05, 0.1) is 16.4 Å². The molecular weight excluding hydrogens is 387 g/mol. The van der Waals surface area contributed by atoms with Crippen LogP contribution in [0.25, 0.3) is 0 Å². The van der Waals surface area contributed by atoms with Crippen LogP contribution < -0.4 is 5.32 Å². The minimum Gasteiger partial charge on any atom is -0.320 e. The molecule has 112 valence electrons. The number of amides is 1. The molecule has 0 aliphatic carbocycles. The van der Waals surface area contributed by atoms with E-state index in [1.54, 1.807) is 12.1 Å². The predicted molar refractivity (Wildman–Crippen MR) is 94.9 cm³/mol. The third-order valence-electron chi connectivity index (χ3n) is 3.63. The van der Waals surface area contributed by atoms with Gasteiger partial charge < -0.3 is 5.32 Å². The van der Waals surface area contributed by atoms with Crippen LogP contribution in [-0.2, 0) is 4.79 Å². The molecule has 3 nitrogen and oxygen atoms in total. The van der Waals surface area contributed by atoms with Gasteiger partial charge in [0.25, 0.3) is 5.91 Å². The van der Waals surface area contributed by atoms with Crippen molar-refractivity contribution in [2.75, 3.05) is 5.32 Å². The van der Waals surface area contributed by atoms with Gasteiger partial charge in [0.1, 0.15) is 5.71 Å². The summed E-state index contributed by atoms with van der Waals surface area (Å²) >= 11 is 15.7. The van der Waals surface area contributed by atoms with E-state index >= 15 is 0 Å². The van der Waals surface area contributed by atoms with Crippen molar-refractivity contribution < 1.29 is 4.79 Å². The fourth-order valence-electron chi connectivity index (χ4n) is 2.34. The Bertz CT molecular complexity index is 847. The summed E-state index contributed by atoms with van der Waals surface area (Å²) in [6, 6.07) is 7.24. The van der Waals surface area contributed by atoms with E-state index in [1.807, 2.05) is 26.0 Å². The Balaban J connectivity index is 2.21. The van der Waals surface area contributed by atoms with Crippen LogP contribution in [0.2, 0.25) is 10.0 Å². The standard InChI is InChI=1S/C16H11BrCl2N2O/c1-7-11(18)4-3-5-12(7)20-15-9-6-10(17)13(19)8(2)14(9)21-16(15)22/h3-6H,1-2H3,(H,20,21,22). The average molecular weight is 398 g/mol. The lowest BCUT2D eigenvalue weighted by atomic mass is 10.1. The highest BCUT2D eigenvalue weighted by molar-refractivity contribution is 9.10. The van der Waals surface area contributed by atoms with Crippen LogP contribution >= 0.6 is 39.1 Å². The van der Waals surface area contributed by atoms with E-state index in [0.717, 1.165) is 21.2 Å². The van der Waals surface area contributed by atoms with Gasteiger partial charge in [-0.25, -0.2) is 4.99 Å². The highest BCUT2D eigenvalue weighted by Crippen LogP contribution is 2.38. The lowest BCUT2D eigenvalue weighted by Crippen LogP contribution is -2.14. The van der Waals surface area contributed by atoms with E-state index in [4.69, 9.17) is 23.2 Å². The van der Waals surface area contributed by atoms with Crippen LogP contribution in [0.3, 0.4) is 0 Å². The first-order valence-corrected chi connectivity index (χ1v) is 8.09. The van der Waals surface area contributed by atoms with Crippen LogP contribution in [0.15, 0.2) is 33.7 Å². The first kappa shape index (κ1) is 15.5. The Hall–Kier alpha value is -1.36. The second kappa shape index (κ2) is 5.69. The Kier molecular flexibility index (Phi) is 4.02. The zero-order valence-electron chi connectivity index (χ0n) is 11.8. The van der Waals surface area contributed by atoms with E-state index in [-0.39, 0.29) is 5.91 Å². The van der Waals surface area contributed by atoms with Crippen LogP contribution in [0.4, 0.5) is 11.4 Å². The fraction of sp³-hybridized carbons (Fsp3) is 0.125. The van der Waals surface area contributed by atoms with Crippen molar-refractivity contribution in [3.05, 3.63) is 55.5 Å². The number of fused-ring (bicyclic) bond motifs is 1. The lowest BCUT2D eigenvalue weighted by molar-refractivity contribution is -0.110. The molecule has 0 saturated heterocycles. The van der Waals surface area contributed by atoms with Gasteiger partial charge >= 0.3 is 0 Å². The molecular formula is C16H11BrCl2N2O. The van der Waals surface area contributed by atoms with Crippen molar-refractivity contribution in [1.82, 2.24) is 0 Å². The van der Waals surface area contributed by atoms with Crippen molar-refractivity contribution >= 4 is 62.1 Å². The van der Waals surface area contributed by atoms with Gasteiger partial charge in [0, 0.05) is 15.1 Å². The highest BCUT2D eigenvalue weighted by atomic mass is 79.9. The van der Waals surface area contributed by atoms with Crippen LogP contribution in [0, 0.1) is 13.8 Å². The molecule has 1 aliphatic rings. The minimum absolute atomic E-state index is 0.244. The number of hydrogen-bond acceptors (Lipinski definition) is 2. The number of rotatable bonds is 1. The molecule has 1 N–H and O–H groups in total. The summed E-state index contributed by atoms with van der Waals surface area (Å²) in [5.74, 6) is -0.244. The molecule has 0 spiro atoms. The van der Waals surface area contributed by atoms with Crippen molar-refractivity contribution in [2.45, 2.75) is 13.8 Å². The van der Waals surface area contributed by atoms with E-state index in [9.17, 15) is 4.79 Å². The fourth-order valence-corrected chi connectivity index (χ4v) is 3.19. The minimum atomic E-state index is -0.244. The number of carbonyl (C=O) groups is 1. The summed E-state index contributed by atoms with van der Waals surface area (Å²) in [6.07, 6.45) is 0. The normalized spacial score (nSPS) is 15.1. The second-order valence-electron chi connectivity index (χ2n) is 5.02. The monoisotopic (exact) mass is 396 g/mol. The third kappa shape index (κ3) is 2.45. The van der Waals surface area contributed by atoms with E-state index in [0.29, 0.717) is 27.1 Å². The molecule has 0 unspecified atom stereocenters. The van der Waals surface area contributed by atoms with Crippen LogP contribution in [-0.4, -0.2) is 11.6 Å². The van der Waals surface area contributed by atoms with Crippen molar-refractivity contribution in [3.63, 3.8) is 0 Å². The van der Waals surface area contributed by atoms with E-state index in [1.165, 1.54) is 0 Å². The number of anilines is 1. The zero-order chi connectivity index (χ0) is 16.0. The molecule has 0 aromatic heterocycles. The molecule has 0 atom stereocenters. The number of aliphatic imine (C=N–C) groups is 1. The quantitative estimate of drug-likeness (QED) is 0.683. The maximum Gasteiger partial charge on any atom is 0.275 e. The topological polar surface area (TPSA) is 41.5 Å². The zero-order valence-corrected chi connectivity index (χ0v) is 14.9. The summed E-state index contributed by atoms with van der Waals surface area (Å²) in [5, 5.41) is 4.03. The number of benzene rings is 2.